The third-order valence-corrected chi connectivity index (χ3v) is 5.71. The van der Waals surface area contributed by atoms with Crippen LogP contribution in [0.2, 0.25) is 15.1 Å². The van der Waals surface area contributed by atoms with E-state index in [0.717, 1.165) is 10.5 Å². The van der Waals surface area contributed by atoms with Crippen molar-refractivity contribution in [2.24, 2.45) is 0 Å². The Morgan fingerprint density at radius 1 is 1.08 bits per heavy atom. The van der Waals surface area contributed by atoms with Crippen LogP contribution in [0.25, 0.3) is 11.3 Å². The molecule has 0 aliphatic heterocycles. The van der Waals surface area contributed by atoms with Crippen LogP contribution in [-0.2, 0) is 4.79 Å². The summed E-state index contributed by atoms with van der Waals surface area (Å²) in [4.78, 5) is 17.5. The van der Waals surface area contributed by atoms with E-state index in [-0.39, 0.29) is 11.7 Å². The van der Waals surface area contributed by atoms with Crippen LogP contribution in [0.3, 0.4) is 0 Å². The molecule has 0 bridgehead atoms. The highest BCUT2D eigenvalue weighted by atomic mass is 35.5. The zero-order chi connectivity index (χ0) is 17.8. The van der Waals surface area contributed by atoms with Gasteiger partial charge in [-0.3, -0.25) is 4.79 Å². The second-order valence-electron chi connectivity index (χ2n) is 4.95. The van der Waals surface area contributed by atoms with Crippen LogP contribution >= 0.6 is 57.9 Å². The van der Waals surface area contributed by atoms with E-state index in [1.165, 1.54) is 23.1 Å². The molecule has 3 nitrogen and oxygen atoms in total. The number of thioether (sulfide) groups is 1. The summed E-state index contributed by atoms with van der Waals surface area (Å²) < 4.78 is 0. The van der Waals surface area contributed by atoms with Crippen molar-refractivity contribution in [3.05, 3.63) is 62.9 Å². The number of amides is 1. The lowest BCUT2D eigenvalue weighted by Gasteiger charge is -2.03. The van der Waals surface area contributed by atoms with E-state index in [1.807, 2.05) is 23.6 Å². The normalized spacial score (nSPS) is 10.7. The molecule has 3 rings (SSSR count). The molecule has 0 spiro atoms. The second kappa shape index (κ2) is 8.43. The molecule has 1 heterocycles. The van der Waals surface area contributed by atoms with E-state index in [2.05, 4.69) is 10.3 Å². The Morgan fingerprint density at radius 3 is 2.52 bits per heavy atom. The molecular formula is C17H11Cl3N2OS2. The smallest absolute Gasteiger partial charge is 0.236 e. The summed E-state index contributed by atoms with van der Waals surface area (Å²) in [6.45, 7) is 0. The summed E-state index contributed by atoms with van der Waals surface area (Å²) in [6.07, 6.45) is 0. The zero-order valence-corrected chi connectivity index (χ0v) is 16.5. The third kappa shape index (κ3) is 5.12. The van der Waals surface area contributed by atoms with Gasteiger partial charge in [0.25, 0.3) is 0 Å². The lowest BCUT2D eigenvalue weighted by Crippen LogP contribution is -2.13. The predicted molar refractivity (Wildman–Crippen MR) is 108 cm³/mol. The first kappa shape index (κ1) is 18.5. The number of nitrogens with one attached hydrogen (secondary N) is 1. The van der Waals surface area contributed by atoms with E-state index in [4.69, 9.17) is 34.8 Å². The summed E-state index contributed by atoms with van der Waals surface area (Å²) >= 11 is 20.7. The first-order chi connectivity index (χ1) is 12.0. The number of rotatable bonds is 5. The maximum absolute atomic E-state index is 12.1. The van der Waals surface area contributed by atoms with E-state index in [9.17, 15) is 4.79 Å². The zero-order valence-electron chi connectivity index (χ0n) is 12.6. The quantitative estimate of drug-likeness (QED) is 0.471. The first-order valence-electron chi connectivity index (χ1n) is 7.10. The topological polar surface area (TPSA) is 42.0 Å². The maximum Gasteiger partial charge on any atom is 0.236 e. The van der Waals surface area contributed by atoms with Crippen molar-refractivity contribution >= 4 is 68.9 Å². The van der Waals surface area contributed by atoms with Gasteiger partial charge in [-0.15, -0.1) is 23.1 Å². The molecule has 2 aromatic carbocycles. The molecule has 0 aliphatic rings. The highest BCUT2D eigenvalue weighted by Gasteiger charge is 2.11. The monoisotopic (exact) mass is 428 g/mol. The largest absolute Gasteiger partial charge is 0.301 e. The van der Waals surface area contributed by atoms with Gasteiger partial charge in [0.2, 0.25) is 5.91 Å². The van der Waals surface area contributed by atoms with Gasteiger partial charge in [-0.25, -0.2) is 4.98 Å². The van der Waals surface area contributed by atoms with Crippen LogP contribution in [0.1, 0.15) is 0 Å². The van der Waals surface area contributed by atoms with Crippen LogP contribution in [-0.4, -0.2) is 16.6 Å². The molecule has 1 amide bonds. The Balaban J connectivity index is 1.60. The number of benzene rings is 2. The molecule has 0 unspecified atom stereocenters. The third-order valence-electron chi connectivity index (χ3n) is 3.14. The first-order valence-corrected chi connectivity index (χ1v) is 10.1. The minimum Gasteiger partial charge on any atom is -0.301 e. The molecule has 0 fully saturated rings. The number of hydrogen-bond donors (Lipinski definition) is 1. The number of thiazole rings is 1. The Labute approximate surface area is 168 Å². The summed E-state index contributed by atoms with van der Waals surface area (Å²) in [6, 6.07) is 12.6. The summed E-state index contributed by atoms with van der Waals surface area (Å²) in [5.74, 6) is 0.168. The van der Waals surface area contributed by atoms with E-state index in [1.54, 1.807) is 24.3 Å². The van der Waals surface area contributed by atoms with Crippen LogP contribution in [0.5, 0.6) is 0 Å². The van der Waals surface area contributed by atoms with Crippen molar-refractivity contribution < 1.29 is 4.79 Å². The fourth-order valence-electron chi connectivity index (χ4n) is 1.99. The number of carbonyl (C=O) groups is 1. The minimum atomic E-state index is -0.122. The summed E-state index contributed by atoms with van der Waals surface area (Å²) in [5.41, 5.74) is 1.48. The van der Waals surface area contributed by atoms with Gasteiger partial charge >= 0.3 is 0 Å². The molecule has 0 aliphatic carbocycles. The lowest BCUT2D eigenvalue weighted by molar-refractivity contribution is -0.113. The van der Waals surface area contributed by atoms with Crippen LogP contribution in [0, 0.1) is 0 Å². The number of anilines is 1. The van der Waals surface area contributed by atoms with Gasteiger partial charge in [0, 0.05) is 25.9 Å². The van der Waals surface area contributed by atoms with Crippen LogP contribution in [0.15, 0.2) is 52.7 Å². The molecule has 8 heteroatoms. The number of carbonyl (C=O) groups excluding carboxylic acids is 1. The predicted octanol–water partition coefficient (Wildman–Crippen LogP) is 6.50. The van der Waals surface area contributed by atoms with Gasteiger partial charge in [0.15, 0.2) is 5.13 Å². The lowest BCUT2D eigenvalue weighted by atomic mass is 10.2. The Morgan fingerprint density at radius 2 is 1.80 bits per heavy atom. The standard InChI is InChI=1S/C17H11Cl3N2OS2/c18-10-1-4-12(5-2-10)24-9-16(23)22-17-21-15(8-25-17)13-6-3-11(19)7-14(13)20/h1-8H,9H2,(H,21,22,23). The van der Waals surface area contributed by atoms with E-state index < -0.39 is 0 Å². The number of aromatic nitrogens is 1. The molecule has 0 saturated carbocycles. The second-order valence-corrected chi connectivity index (χ2v) is 8.14. The molecule has 128 valence electrons. The van der Waals surface area contributed by atoms with Crippen molar-refractivity contribution in [2.45, 2.75) is 4.90 Å². The van der Waals surface area contributed by atoms with Gasteiger partial charge in [0.1, 0.15) is 0 Å². The van der Waals surface area contributed by atoms with Crippen LogP contribution < -0.4 is 5.32 Å². The van der Waals surface area contributed by atoms with Gasteiger partial charge in [0.05, 0.1) is 16.5 Å². The van der Waals surface area contributed by atoms with Gasteiger partial charge in [-0.2, -0.15) is 0 Å². The van der Waals surface area contributed by atoms with Crippen LogP contribution in [0.4, 0.5) is 5.13 Å². The molecule has 3 aromatic rings. The summed E-state index contributed by atoms with van der Waals surface area (Å²) in [7, 11) is 0. The van der Waals surface area contributed by atoms with Crippen molar-refractivity contribution in [2.75, 3.05) is 11.1 Å². The van der Waals surface area contributed by atoms with E-state index >= 15 is 0 Å². The molecular weight excluding hydrogens is 419 g/mol. The fraction of sp³-hybridized carbons (Fsp3) is 0.0588. The van der Waals surface area contributed by atoms with E-state index in [0.29, 0.717) is 25.9 Å². The molecule has 1 N–H and O–H groups in total. The van der Waals surface area contributed by atoms with Gasteiger partial charge in [-0.05, 0) is 42.5 Å². The van der Waals surface area contributed by atoms with Gasteiger partial charge in [-0.1, -0.05) is 34.8 Å². The SMILES string of the molecule is O=C(CSc1ccc(Cl)cc1)Nc1nc(-c2ccc(Cl)cc2Cl)cs1. The Bertz CT molecular complexity index is 897. The highest BCUT2D eigenvalue weighted by molar-refractivity contribution is 8.00. The molecule has 0 radical (unpaired) electrons. The van der Waals surface area contributed by atoms with Crippen molar-refractivity contribution in [3.8, 4) is 11.3 Å². The average molecular weight is 430 g/mol. The molecule has 25 heavy (non-hydrogen) atoms. The van der Waals surface area contributed by atoms with Crippen molar-refractivity contribution in [1.82, 2.24) is 4.98 Å². The summed E-state index contributed by atoms with van der Waals surface area (Å²) in [5, 5.41) is 6.93. The van der Waals surface area contributed by atoms with Crippen molar-refractivity contribution in [3.63, 3.8) is 0 Å². The Kier molecular flexibility index (Phi) is 6.25. The fourth-order valence-corrected chi connectivity index (χ4v) is 4.04. The van der Waals surface area contributed by atoms with Crippen molar-refractivity contribution in [1.29, 1.82) is 0 Å². The maximum atomic E-state index is 12.1. The average Bonchev–Trinajstić information content (AvgIpc) is 3.02. The number of halogens is 3. The minimum absolute atomic E-state index is 0.122. The highest BCUT2D eigenvalue weighted by Crippen LogP contribution is 2.32. The molecule has 0 saturated heterocycles. The number of nitrogens with zero attached hydrogens (tertiary/aromatic N) is 1. The molecule has 1 aromatic heterocycles. The Hall–Kier alpha value is -1.24. The number of hydrogen-bond acceptors (Lipinski definition) is 4. The van der Waals surface area contributed by atoms with Gasteiger partial charge < -0.3 is 5.32 Å². The molecule has 0 atom stereocenters.